The fourth-order valence-corrected chi connectivity index (χ4v) is 3.14. The van der Waals surface area contributed by atoms with Crippen LogP contribution in [0.2, 0.25) is 0 Å². The van der Waals surface area contributed by atoms with Crippen molar-refractivity contribution in [3.63, 3.8) is 0 Å². The van der Waals surface area contributed by atoms with E-state index >= 15 is 0 Å². The predicted octanol–water partition coefficient (Wildman–Crippen LogP) is 4.65. The van der Waals surface area contributed by atoms with Gasteiger partial charge in [-0.05, 0) is 43.2 Å². The first kappa shape index (κ1) is 17.1. The minimum absolute atomic E-state index is 0.0495. The second-order valence-corrected chi connectivity index (χ2v) is 6.66. The van der Waals surface area contributed by atoms with Crippen LogP contribution in [0, 0.1) is 12.7 Å². The van der Waals surface area contributed by atoms with Crippen molar-refractivity contribution in [2.24, 2.45) is 7.05 Å². The first-order chi connectivity index (χ1) is 13.0. The Hall–Kier alpha value is -3.28. The van der Waals surface area contributed by atoms with Crippen LogP contribution < -0.4 is 5.32 Å². The highest BCUT2D eigenvalue weighted by atomic mass is 19.1. The van der Waals surface area contributed by atoms with Crippen molar-refractivity contribution in [1.82, 2.24) is 19.5 Å². The maximum absolute atomic E-state index is 13.5. The van der Waals surface area contributed by atoms with Gasteiger partial charge in [0.15, 0.2) is 17.3 Å². The molecule has 6 heteroatoms. The highest BCUT2D eigenvalue weighted by molar-refractivity contribution is 5.85. The molecule has 0 saturated carbocycles. The van der Waals surface area contributed by atoms with Gasteiger partial charge < -0.3 is 9.88 Å². The average molecular weight is 361 g/mol. The van der Waals surface area contributed by atoms with E-state index in [0.29, 0.717) is 17.2 Å². The quantitative estimate of drug-likeness (QED) is 0.575. The van der Waals surface area contributed by atoms with Gasteiger partial charge in [0.05, 0.1) is 12.4 Å². The number of hydrogen-bond donors (Lipinski definition) is 1. The van der Waals surface area contributed by atoms with Gasteiger partial charge in [-0.3, -0.25) is 0 Å². The molecular formula is C21H20FN5. The van der Waals surface area contributed by atoms with Gasteiger partial charge in [0.25, 0.3) is 0 Å². The average Bonchev–Trinajstić information content (AvgIpc) is 3.04. The van der Waals surface area contributed by atoms with Gasteiger partial charge in [0, 0.05) is 12.6 Å². The molecule has 0 amide bonds. The Morgan fingerprint density at radius 2 is 1.85 bits per heavy atom. The molecule has 2 aromatic heterocycles. The van der Waals surface area contributed by atoms with Gasteiger partial charge in [0.2, 0.25) is 0 Å². The van der Waals surface area contributed by atoms with Crippen molar-refractivity contribution < 1.29 is 4.39 Å². The number of anilines is 1. The highest BCUT2D eigenvalue weighted by Crippen LogP contribution is 2.28. The van der Waals surface area contributed by atoms with Gasteiger partial charge in [0.1, 0.15) is 11.3 Å². The SMILES string of the molecule is Cc1cc(F)ccc1-c1nc(N[C@@H](C)c2ccccc2)c2ncn(C)c2n1. The van der Waals surface area contributed by atoms with Crippen molar-refractivity contribution in [1.29, 1.82) is 0 Å². The maximum Gasteiger partial charge on any atom is 0.165 e. The number of rotatable bonds is 4. The second-order valence-electron chi connectivity index (χ2n) is 6.66. The van der Waals surface area contributed by atoms with E-state index in [1.54, 1.807) is 12.4 Å². The van der Waals surface area contributed by atoms with Crippen LogP contribution in [0.3, 0.4) is 0 Å². The number of nitrogens with zero attached hydrogens (tertiary/aromatic N) is 4. The van der Waals surface area contributed by atoms with Crippen molar-refractivity contribution >= 4 is 17.0 Å². The van der Waals surface area contributed by atoms with Gasteiger partial charge in [-0.25, -0.2) is 19.3 Å². The van der Waals surface area contributed by atoms with Crippen molar-refractivity contribution in [3.05, 3.63) is 71.8 Å². The van der Waals surface area contributed by atoms with Crippen LogP contribution in [0.25, 0.3) is 22.6 Å². The van der Waals surface area contributed by atoms with Crippen molar-refractivity contribution in [2.45, 2.75) is 19.9 Å². The summed E-state index contributed by atoms with van der Waals surface area (Å²) in [6.07, 6.45) is 1.72. The number of hydrogen-bond acceptors (Lipinski definition) is 4. The lowest BCUT2D eigenvalue weighted by Crippen LogP contribution is -2.10. The molecule has 0 saturated heterocycles. The number of nitrogens with one attached hydrogen (secondary N) is 1. The summed E-state index contributed by atoms with van der Waals surface area (Å²) in [4.78, 5) is 13.8. The standard InChI is InChI=1S/C21H20FN5/c1-13-11-16(22)9-10-17(13)19-25-20(18-21(26-19)27(3)12-23-18)24-14(2)15-7-5-4-6-8-15/h4-12,14H,1-3H3,(H,24,25,26)/t14-/m0/s1. The zero-order valence-corrected chi connectivity index (χ0v) is 15.4. The van der Waals surface area contributed by atoms with Crippen LogP contribution in [0.1, 0.15) is 24.1 Å². The third-order valence-corrected chi connectivity index (χ3v) is 4.64. The molecule has 0 radical (unpaired) electrons. The fraction of sp³-hybridized carbons (Fsp3) is 0.190. The third kappa shape index (κ3) is 3.26. The Bertz CT molecular complexity index is 1100. The number of imidazole rings is 1. The van der Waals surface area contributed by atoms with Gasteiger partial charge in [-0.15, -0.1) is 0 Å². The molecule has 1 atom stereocenters. The van der Waals surface area contributed by atoms with E-state index in [0.717, 1.165) is 22.3 Å². The topological polar surface area (TPSA) is 55.6 Å². The number of aryl methyl sites for hydroxylation is 2. The largest absolute Gasteiger partial charge is 0.362 e. The first-order valence-electron chi connectivity index (χ1n) is 8.80. The fourth-order valence-electron chi connectivity index (χ4n) is 3.14. The summed E-state index contributed by atoms with van der Waals surface area (Å²) >= 11 is 0. The molecule has 4 aromatic rings. The molecule has 2 heterocycles. The first-order valence-corrected chi connectivity index (χ1v) is 8.80. The molecule has 0 aliphatic carbocycles. The van der Waals surface area contributed by atoms with Crippen LogP contribution in [-0.4, -0.2) is 19.5 Å². The van der Waals surface area contributed by atoms with E-state index in [1.807, 2.05) is 36.7 Å². The Kier molecular flexibility index (Phi) is 4.32. The van der Waals surface area contributed by atoms with Crippen LogP contribution in [0.15, 0.2) is 54.9 Å². The minimum atomic E-state index is -0.270. The Morgan fingerprint density at radius 3 is 2.59 bits per heavy atom. The molecule has 0 unspecified atom stereocenters. The molecule has 4 rings (SSSR count). The minimum Gasteiger partial charge on any atom is -0.362 e. The lowest BCUT2D eigenvalue weighted by Gasteiger charge is -2.16. The van der Waals surface area contributed by atoms with E-state index in [9.17, 15) is 4.39 Å². The van der Waals surface area contributed by atoms with Crippen molar-refractivity contribution in [3.8, 4) is 11.4 Å². The molecule has 0 bridgehead atoms. The number of fused-ring (bicyclic) bond motifs is 1. The summed E-state index contributed by atoms with van der Waals surface area (Å²) in [5.41, 5.74) is 4.18. The van der Waals surface area contributed by atoms with Crippen LogP contribution >= 0.6 is 0 Å². The van der Waals surface area contributed by atoms with E-state index < -0.39 is 0 Å². The molecular weight excluding hydrogens is 341 g/mol. The summed E-state index contributed by atoms with van der Waals surface area (Å²) in [5.74, 6) is 0.941. The summed E-state index contributed by atoms with van der Waals surface area (Å²) in [6, 6.07) is 14.8. The van der Waals surface area contributed by atoms with Crippen LogP contribution in [0.5, 0.6) is 0 Å². The summed E-state index contributed by atoms with van der Waals surface area (Å²) in [5, 5.41) is 3.45. The number of aromatic nitrogens is 4. The lowest BCUT2D eigenvalue weighted by molar-refractivity contribution is 0.627. The van der Waals surface area contributed by atoms with Gasteiger partial charge in [-0.2, -0.15) is 0 Å². The van der Waals surface area contributed by atoms with Gasteiger partial charge in [-0.1, -0.05) is 30.3 Å². The Balaban J connectivity index is 1.82. The molecule has 27 heavy (non-hydrogen) atoms. The van der Waals surface area contributed by atoms with Crippen LogP contribution in [0.4, 0.5) is 10.2 Å². The zero-order chi connectivity index (χ0) is 19.0. The molecule has 0 fully saturated rings. The second kappa shape index (κ2) is 6.79. The normalized spacial score (nSPS) is 12.3. The van der Waals surface area contributed by atoms with Gasteiger partial charge >= 0.3 is 0 Å². The summed E-state index contributed by atoms with van der Waals surface area (Å²) in [6.45, 7) is 3.93. The lowest BCUT2D eigenvalue weighted by atomic mass is 10.1. The smallest absolute Gasteiger partial charge is 0.165 e. The summed E-state index contributed by atoms with van der Waals surface area (Å²) < 4.78 is 15.4. The maximum atomic E-state index is 13.5. The van der Waals surface area contributed by atoms with Crippen LogP contribution in [-0.2, 0) is 7.05 Å². The molecule has 0 aliphatic heterocycles. The molecule has 0 aliphatic rings. The highest BCUT2D eigenvalue weighted by Gasteiger charge is 2.16. The molecule has 0 spiro atoms. The zero-order valence-electron chi connectivity index (χ0n) is 15.4. The summed E-state index contributed by atoms with van der Waals surface area (Å²) in [7, 11) is 1.90. The Morgan fingerprint density at radius 1 is 1.07 bits per heavy atom. The predicted molar refractivity (Wildman–Crippen MR) is 105 cm³/mol. The molecule has 136 valence electrons. The van der Waals surface area contributed by atoms with E-state index in [-0.39, 0.29) is 11.9 Å². The monoisotopic (exact) mass is 361 g/mol. The van der Waals surface area contributed by atoms with E-state index in [1.165, 1.54) is 12.1 Å². The molecule has 5 nitrogen and oxygen atoms in total. The number of benzene rings is 2. The molecule has 1 N–H and O–H groups in total. The molecule has 2 aromatic carbocycles. The number of halogens is 1. The van der Waals surface area contributed by atoms with E-state index in [2.05, 4.69) is 34.3 Å². The third-order valence-electron chi connectivity index (χ3n) is 4.64. The van der Waals surface area contributed by atoms with E-state index in [4.69, 9.17) is 4.98 Å². The Labute approximate surface area is 156 Å². The van der Waals surface area contributed by atoms with Crippen molar-refractivity contribution in [2.75, 3.05) is 5.32 Å².